The fraction of sp³-hybridized carbons (Fsp3) is 0.462. The van der Waals surface area contributed by atoms with Gasteiger partial charge in [0.2, 0.25) is 0 Å². The minimum atomic E-state index is -4.37. The molecule has 0 N–H and O–H groups in total. The fourth-order valence-corrected chi connectivity index (χ4v) is 12.3. The Labute approximate surface area is 232 Å². The van der Waals surface area contributed by atoms with E-state index in [0.717, 1.165) is 49.3 Å². The van der Waals surface area contributed by atoms with E-state index >= 15 is 0 Å². The average Bonchev–Trinajstić information content (AvgIpc) is 2.92. The van der Waals surface area contributed by atoms with Crippen molar-refractivity contribution in [1.82, 2.24) is 0 Å². The van der Waals surface area contributed by atoms with Gasteiger partial charge in [0.05, 0.1) is 0 Å². The first kappa shape index (κ1) is 35.6. The summed E-state index contributed by atoms with van der Waals surface area (Å²) in [5.74, 6) is -4.77. The summed E-state index contributed by atoms with van der Waals surface area (Å²) in [6, 6.07) is 0. The van der Waals surface area contributed by atoms with Crippen LogP contribution in [-0.2, 0) is 53.9 Å². The second-order valence-corrected chi connectivity index (χ2v) is 16.9. The van der Waals surface area contributed by atoms with Crippen LogP contribution in [0.5, 0.6) is 0 Å². The van der Waals surface area contributed by atoms with Crippen molar-refractivity contribution in [3.05, 3.63) is 49.6 Å². The van der Waals surface area contributed by atoms with Gasteiger partial charge in [-0.2, -0.15) is 0 Å². The molecule has 0 amide bonds. The van der Waals surface area contributed by atoms with E-state index in [0.29, 0.717) is 21.7 Å². The summed E-state index contributed by atoms with van der Waals surface area (Å²) in [6.07, 6.45) is 8.21. The van der Waals surface area contributed by atoms with Gasteiger partial charge in [-0.25, -0.2) is 0 Å². The molecule has 0 aliphatic heterocycles. The van der Waals surface area contributed by atoms with Crippen LogP contribution in [0.4, 0.5) is 0 Å². The minimum absolute atomic E-state index is 0.178. The zero-order chi connectivity index (χ0) is 29.5. The zero-order valence-corrected chi connectivity index (χ0v) is 25.2. The van der Waals surface area contributed by atoms with Gasteiger partial charge >= 0.3 is 233 Å². The number of rotatable bonds is 20. The number of carbonyl (C=O) groups excluding carboxylic acids is 6. The maximum absolute atomic E-state index is 12.5. The van der Waals surface area contributed by atoms with Crippen LogP contribution < -0.4 is 0 Å². The number of carbonyl (C=O) groups is 6. The molecule has 0 saturated carbocycles. The van der Waals surface area contributed by atoms with Crippen molar-refractivity contribution in [2.45, 2.75) is 48.4 Å². The Morgan fingerprint density at radius 1 is 0.538 bits per heavy atom. The summed E-state index contributed by atoms with van der Waals surface area (Å²) < 4.78 is 31.2. The van der Waals surface area contributed by atoms with Gasteiger partial charge in [0.15, 0.2) is 0 Å². The van der Waals surface area contributed by atoms with Crippen molar-refractivity contribution in [2.24, 2.45) is 0 Å². The van der Waals surface area contributed by atoms with E-state index in [1.165, 1.54) is 0 Å². The van der Waals surface area contributed by atoms with Gasteiger partial charge in [0.1, 0.15) is 0 Å². The molecule has 0 aliphatic carbocycles. The van der Waals surface area contributed by atoms with Crippen LogP contribution in [0.25, 0.3) is 0 Å². The number of esters is 4. The van der Waals surface area contributed by atoms with E-state index in [9.17, 15) is 28.8 Å². The molecule has 0 aromatic carbocycles. The Hall–Kier alpha value is -3.42. The summed E-state index contributed by atoms with van der Waals surface area (Å²) in [7, 11) is 0. The van der Waals surface area contributed by atoms with Gasteiger partial charge in [-0.3, -0.25) is 0 Å². The third kappa shape index (κ3) is 18.5. The van der Waals surface area contributed by atoms with Crippen molar-refractivity contribution in [2.75, 3.05) is 26.4 Å². The summed E-state index contributed by atoms with van der Waals surface area (Å²) in [6.45, 7) is 9.54. The molecule has 0 fully saturated rings. The van der Waals surface area contributed by atoms with E-state index in [1.54, 1.807) is 0 Å². The van der Waals surface area contributed by atoms with E-state index in [1.807, 2.05) is 13.8 Å². The Bertz CT molecular complexity index is 848. The van der Waals surface area contributed by atoms with Crippen LogP contribution in [0, 0.1) is 0 Å². The standard InChI is InChI=1S/2C9H10O6.2C4H9.Sn/c2*1-2-8(12)14-5-6-15-9(13)4-3-7(10)11;2*1-3-4-2;/h2*2-4H,1,5-6H2,(H,10,11);2*1,3-4H2,2H3;/q;;;;+2/p-2/b2*4-3-;;;. The van der Waals surface area contributed by atoms with Crippen LogP contribution in [0.15, 0.2) is 49.6 Å². The van der Waals surface area contributed by atoms with Gasteiger partial charge in [0.25, 0.3) is 0 Å². The quantitative estimate of drug-likeness (QED) is 0.0620. The first-order chi connectivity index (χ1) is 18.6. The number of hydrogen-bond acceptors (Lipinski definition) is 12. The molecule has 13 heteroatoms. The van der Waals surface area contributed by atoms with Crippen LogP contribution in [-0.4, -0.2) is 81.4 Å². The van der Waals surface area contributed by atoms with E-state index in [4.69, 9.17) is 15.6 Å². The van der Waals surface area contributed by atoms with Crippen LogP contribution in [0.1, 0.15) is 39.5 Å². The van der Waals surface area contributed by atoms with Gasteiger partial charge in [0, 0.05) is 0 Å². The van der Waals surface area contributed by atoms with Gasteiger partial charge in [-0.1, -0.05) is 0 Å². The predicted molar refractivity (Wildman–Crippen MR) is 140 cm³/mol. The van der Waals surface area contributed by atoms with Crippen LogP contribution >= 0.6 is 0 Å². The molecule has 12 nitrogen and oxygen atoms in total. The molecule has 0 heterocycles. The topological polar surface area (TPSA) is 158 Å². The molecule has 0 bridgehead atoms. The molecule has 0 atom stereocenters. The first-order valence-corrected chi connectivity index (χ1v) is 18.7. The van der Waals surface area contributed by atoms with Gasteiger partial charge in [-0.05, 0) is 0 Å². The monoisotopic (exact) mass is 660 g/mol. The zero-order valence-electron chi connectivity index (χ0n) is 22.3. The normalized spacial score (nSPS) is 10.9. The molecular weight excluding hydrogens is 623 g/mol. The summed E-state index contributed by atoms with van der Waals surface area (Å²) in [5, 5.41) is 0. The van der Waals surface area contributed by atoms with E-state index in [-0.39, 0.29) is 26.4 Å². The molecule has 0 spiro atoms. The molecule has 0 radical (unpaired) electrons. The number of ether oxygens (including phenoxy) is 4. The molecule has 0 aromatic rings. The van der Waals surface area contributed by atoms with Crippen molar-refractivity contribution in [1.29, 1.82) is 0 Å². The molecule has 0 saturated heterocycles. The Kier molecular flexibility index (Phi) is 19.6. The van der Waals surface area contributed by atoms with Crippen molar-refractivity contribution < 1.29 is 53.9 Å². The van der Waals surface area contributed by atoms with Gasteiger partial charge in [-0.15, -0.1) is 0 Å². The first-order valence-electron chi connectivity index (χ1n) is 12.3. The van der Waals surface area contributed by atoms with Crippen molar-refractivity contribution in [3.63, 3.8) is 0 Å². The fourth-order valence-electron chi connectivity index (χ4n) is 2.73. The second-order valence-electron chi connectivity index (χ2n) is 7.70. The second kappa shape index (κ2) is 21.5. The molecule has 39 heavy (non-hydrogen) atoms. The van der Waals surface area contributed by atoms with Crippen LogP contribution in [0.2, 0.25) is 8.87 Å². The summed E-state index contributed by atoms with van der Waals surface area (Å²) in [5.41, 5.74) is 0. The molecular formula is C26H36O12Sn. The Morgan fingerprint density at radius 2 is 0.846 bits per heavy atom. The predicted octanol–water partition coefficient (Wildman–Crippen LogP) is 2.77. The third-order valence-corrected chi connectivity index (χ3v) is 14.2. The SMILES string of the molecule is C=CC(=O)OCCOC(=O)/C=C\C(=O)[O][Sn]([CH2]CCC)([CH2]CCC)[O]C(=O)/C=C\C(=O)OCCOC(=O)C=C. The maximum atomic E-state index is 12.5. The summed E-state index contributed by atoms with van der Waals surface area (Å²) in [4.78, 5) is 70.6. The number of unbranched alkanes of at least 4 members (excludes halogenated alkanes) is 2. The third-order valence-electron chi connectivity index (χ3n) is 4.58. The van der Waals surface area contributed by atoms with Gasteiger partial charge < -0.3 is 0 Å². The van der Waals surface area contributed by atoms with Crippen molar-refractivity contribution in [3.8, 4) is 0 Å². The van der Waals surface area contributed by atoms with E-state index < -0.39 is 55.0 Å². The van der Waals surface area contributed by atoms with Crippen LogP contribution in [0.3, 0.4) is 0 Å². The Balaban J connectivity index is 5.17. The Morgan fingerprint density at radius 3 is 1.15 bits per heavy atom. The van der Waals surface area contributed by atoms with Crippen molar-refractivity contribution >= 4 is 55.0 Å². The molecule has 216 valence electrons. The molecule has 0 aromatic heterocycles. The molecule has 0 rings (SSSR count). The molecule has 0 aliphatic rings. The van der Waals surface area contributed by atoms with E-state index in [2.05, 4.69) is 22.6 Å². The summed E-state index contributed by atoms with van der Waals surface area (Å²) >= 11 is -4.37. The number of hydrogen-bond donors (Lipinski definition) is 0. The average molecular weight is 659 g/mol. The molecule has 0 unspecified atom stereocenters.